The summed E-state index contributed by atoms with van der Waals surface area (Å²) in [5.41, 5.74) is 1.03. The SMILES string of the molecule is CCCCNC(=O)Cn1cnc(CCNCC)c1. The van der Waals surface area contributed by atoms with Gasteiger partial charge in [0.05, 0.1) is 12.0 Å². The average Bonchev–Trinajstić information content (AvgIpc) is 2.77. The minimum absolute atomic E-state index is 0.0547. The van der Waals surface area contributed by atoms with E-state index in [4.69, 9.17) is 0 Å². The third-order valence-electron chi connectivity index (χ3n) is 2.67. The van der Waals surface area contributed by atoms with Crippen LogP contribution < -0.4 is 10.6 Å². The summed E-state index contributed by atoms with van der Waals surface area (Å²) in [6.45, 7) is 7.21. The molecule has 0 aliphatic carbocycles. The van der Waals surface area contributed by atoms with Crippen LogP contribution in [0.3, 0.4) is 0 Å². The molecule has 5 nitrogen and oxygen atoms in total. The second-order valence-corrected chi connectivity index (χ2v) is 4.34. The van der Waals surface area contributed by atoms with E-state index in [2.05, 4.69) is 29.5 Å². The molecule has 0 fully saturated rings. The molecule has 0 unspecified atom stereocenters. The molecule has 1 rings (SSSR count). The van der Waals surface area contributed by atoms with Gasteiger partial charge in [0, 0.05) is 25.7 Å². The van der Waals surface area contributed by atoms with Crippen molar-refractivity contribution in [3.05, 3.63) is 18.2 Å². The number of imidazole rings is 1. The van der Waals surface area contributed by atoms with E-state index in [9.17, 15) is 4.79 Å². The Hall–Kier alpha value is -1.36. The Balaban J connectivity index is 2.27. The van der Waals surface area contributed by atoms with Crippen LogP contribution in [0.2, 0.25) is 0 Å². The maximum absolute atomic E-state index is 11.6. The highest BCUT2D eigenvalue weighted by Gasteiger charge is 2.03. The summed E-state index contributed by atoms with van der Waals surface area (Å²) in [5.74, 6) is 0.0547. The van der Waals surface area contributed by atoms with Crippen LogP contribution in [0.4, 0.5) is 0 Å². The van der Waals surface area contributed by atoms with Crippen LogP contribution in [-0.4, -0.2) is 35.1 Å². The Morgan fingerprint density at radius 2 is 2.22 bits per heavy atom. The molecule has 0 spiro atoms. The largest absolute Gasteiger partial charge is 0.355 e. The molecule has 18 heavy (non-hydrogen) atoms. The maximum Gasteiger partial charge on any atom is 0.239 e. The van der Waals surface area contributed by atoms with Gasteiger partial charge in [0.15, 0.2) is 0 Å². The zero-order valence-corrected chi connectivity index (χ0v) is 11.4. The summed E-state index contributed by atoms with van der Waals surface area (Å²) in [6, 6.07) is 0. The molecule has 0 bridgehead atoms. The third kappa shape index (κ3) is 5.82. The van der Waals surface area contributed by atoms with Crippen LogP contribution in [0.5, 0.6) is 0 Å². The number of carbonyl (C=O) groups excluding carboxylic acids is 1. The van der Waals surface area contributed by atoms with Gasteiger partial charge in [-0.25, -0.2) is 4.98 Å². The van der Waals surface area contributed by atoms with Crippen LogP contribution in [0.25, 0.3) is 0 Å². The predicted molar refractivity (Wildman–Crippen MR) is 72.4 cm³/mol. The third-order valence-corrected chi connectivity index (χ3v) is 2.67. The van der Waals surface area contributed by atoms with Crippen molar-refractivity contribution >= 4 is 5.91 Å². The van der Waals surface area contributed by atoms with E-state index in [1.165, 1.54) is 0 Å². The van der Waals surface area contributed by atoms with Gasteiger partial charge in [0.25, 0.3) is 0 Å². The highest BCUT2D eigenvalue weighted by Crippen LogP contribution is 1.97. The van der Waals surface area contributed by atoms with Gasteiger partial charge in [0.2, 0.25) is 5.91 Å². The van der Waals surface area contributed by atoms with Crippen molar-refractivity contribution in [1.82, 2.24) is 20.2 Å². The van der Waals surface area contributed by atoms with Gasteiger partial charge in [-0.05, 0) is 13.0 Å². The van der Waals surface area contributed by atoms with E-state index in [-0.39, 0.29) is 5.91 Å². The summed E-state index contributed by atoms with van der Waals surface area (Å²) in [7, 11) is 0. The summed E-state index contributed by atoms with van der Waals surface area (Å²) in [6.07, 6.45) is 6.69. The number of carbonyl (C=O) groups is 1. The number of hydrogen-bond acceptors (Lipinski definition) is 3. The van der Waals surface area contributed by atoms with Crippen LogP contribution in [0.15, 0.2) is 12.5 Å². The lowest BCUT2D eigenvalue weighted by atomic mass is 10.3. The molecule has 1 amide bonds. The molecule has 1 aromatic rings. The van der Waals surface area contributed by atoms with Gasteiger partial charge in [0.1, 0.15) is 6.54 Å². The fraction of sp³-hybridized carbons (Fsp3) is 0.692. The van der Waals surface area contributed by atoms with Crippen molar-refractivity contribution in [2.75, 3.05) is 19.6 Å². The van der Waals surface area contributed by atoms with Gasteiger partial charge in [-0.3, -0.25) is 4.79 Å². The van der Waals surface area contributed by atoms with Crippen LogP contribution in [0.1, 0.15) is 32.4 Å². The van der Waals surface area contributed by atoms with E-state index in [1.54, 1.807) is 6.33 Å². The zero-order chi connectivity index (χ0) is 13.2. The first-order valence-electron chi connectivity index (χ1n) is 6.74. The quantitative estimate of drug-likeness (QED) is 0.643. The molecule has 0 aromatic carbocycles. The van der Waals surface area contributed by atoms with E-state index >= 15 is 0 Å². The number of amides is 1. The summed E-state index contributed by atoms with van der Waals surface area (Å²) >= 11 is 0. The van der Waals surface area contributed by atoms with Gasteiger partial charge in [-0.15, -0.1) is 0 Å². The molecule has 0 saturated heterocycles. The maximum atomic E-state index is 11.6. The smallest absolute Gasteiger partial charge is 0.239 e. The zero-order valence-electron chi connectivity index (χ0n) is 11.4. The Morgan fingerprint density at radius 1 is 1.39 bits per heavy atom. The second-order valence-electron chi connectivity index (χ2n) is 4.34. The lowest BCUT2D eigenvalue weighted by molar-refractivity contribution is -0.121. The van der Waals surface area contributed by atoms with Crippen molar-refractivity contribution in [3.63, 3.8) is 0 Å². The molecule has 0 radical (unpaired) electrons. The number of likely N-dealkylation sites (N-methyl/N-ethyl adjacent to an activating group) is 1. The molecule has 0 aliphatic rings. The minimum atomic E-state index is 0.0547. The van der Waals surface area contributed by atoms with Crippen molar-refractivity contribution < 1.29 is 4.79 Å². The van der Waals surface area contributed by atoms with E-state index in [1.807, 2.05) is 10.8 Å². The molecule has 102 valence electrons. The van der Waals surface area contributed by atoms with Crippen molar-refractivity contribution in [3.8, 4) is 0 Å². The Morgan fingerprint density at radius 3 is 2.94 bits per heavy atom. The molecular formula is C13H24N4O. The highest BCUT2D eigenvalue weighted by molar-refractivity contribution is 5.75. The molecule has 0 saturated carbocycles. The van der Waals surface area contributed by atoms with Crippen LogP contribution >= 0.6 is 0 Å². The molecule has 0 aliphatic heterocycles. The fourth-order valence-corrected chi connectivity index (χ4v) is 1.64. The van der Waals surface area contributed by atoms with E-state index in [0.29, 0.717) is 6.54 Å². The molecular weight excluding hydrogens is 228 g/mol. The predicted octanol–water partition coefficient (Wildman–Crippen LogP) is 0.951. The molecule has 5 heteroatoms. The first-order valence-corrected chi connectivity index (χ1v) is 6.74. The molecule has 0 atom stereocenters. The highest BCUT2D eigenvalue weighted by atomic mass is 16.1. The average molecular weight is 252 g/mol. The number of nitrogens with zero attached hydrogens (tertiary/aromatic N) is 2. The van der Waals surface area contributed by atoms with Gasteiger partial charge in [-0.2, -0.15) is 0 Å². The topological polar surface area (TPSA) is 59.0 Å². The van der Waals surface area contributed by atoms with Gasteiger partial charge in [-0.1, -0.05) is 20.3 Å². The molecule has 2 N–H and O–H groups in total. The number of aromatic nitrogens is 2. The van der Waals surface area contributed by atoms with Gasteiger partial charge < -0.3 is 15.2 Å². The summed E-state index contributed by atoms with van der Waals surface area (Å²) in [5, 5.41) is 6.15. The number of nitrogens with one attached hydrogen (secondary N) is 2. The second kappa shape index (κ2) is 8.69. The summed E-state index contributed by atoms with van der Waals surface area (Å²) < 4.78 is 1.84. The standard InChI is InChI=1S/C13H24N4O/c1-3-5-7-15-13(18)10-17-9-12(16-11-17)6-8-14-4-2/h9,11,14H,3-8,10H2,1-2H3,(H,15,18). The number of unbranched alkanes of at least 4 members (excludes halogenated alkanes) is 1. The first kappa shape index (κ1) is 14.7. The summed E-state index contributed by atoms with van der Waals surface area (Å²) in [4.78, 5) is 15.9. The van der Waals surface area contributed by atoms with Crippen molar-refractivity contribution in [1.29, 1.82) is 0 Å². The van der Waals surface area contributed by atoms with Crippen molar-refractivity contribution in [2.24, 2.45) is 0 Å². The molecule has 1 aromatic heterocycles. The van der Waals surface area contributed by atoms with E-state index in [0.717, 1.165) is 44.6 Å². The lowest BCUT2D eigenvalue weighted by Crippen LogP contribution is -2.27. The van der Waals surface area contributed by atoms with Crippen LogP contribution in [0, 0.1) is 0 Å². The Kier molecular flexibility index (Phi) is 7.10. The van der Waals surface area contributed by atoms with Crippen molar-refractivity contribution in [2.45, 2.75) is 39.7 Å². The molecule has 1 heterocycles. The monoisotopic (exact) mass is 252 g/mol. The van der Waals surface area contributed by atoms with Crippen LogP contribution in [-0.2, 0) is 17.8 Å². The van der Waals surface area contributed by atoms with Gasteiger partial charge >= 0.3 is 0 Å². The minimum Gasteiger partial charge on any atom is -0.355 e. The first-order chi connectivity index (χ1) is 8.76. The normalized spacial score (nSPS) is 10.6. The van der Waals surface area contributed by atoms with E-state index < -0.39 is 0 Å². The lowest BCUT2D eigenvalue weighted by Gasteiger charge is -2.04. The Labute approximate surface area is 109 Å². The fourth-order valence-electron chi connectivity index (χ4n) is 1.64. The number of rotatable bonds is 9. The Bertz CT molecular complexity index is 349. The number of hydrogen-bond donors (Lipinski definition) is 2.